The average molecular weight is 281 g/mol. The van der Waals surface area contributed by atoms with Crippen molar-refractivity contribution in [1.29, 1.82) is 0 Å². The quantitative estimate of drug-likeness (QED) is 0.803. The standard InChI is InChI=1S/C13H19N3O2S/c14-10-3-5-11(6-4-10)19(17,18)15-12-7-9-16-8-1-2-13(12)16/h3-6,12-13,15H,1-2,7-9,14H2. The van der Waals surface area contributed by atoms with Gasteiger partial charge in [-0.2, -0.15) is 0 Å². The Morgan fingerprint density at radius 2 is 1.89 bits per heavy atom. The molecule has 0 spiro atoms. The van der Waals surface area contributed by atoms with E-state index in [9.17, 15) is 8.42 Å². The predicted molar refractivity (Wildman–Crippen MR) is 74.2 cm³/mol. The fraction of sp³-hybridized carbons (Fsp3) is 0.538. The van der Waals surface area contributed by atoms with E-state index in [1.54, 1.807) is 24.3 Å². The fourth-order valence-corrected chi connectivity index (χ4v) is 4.44. The summed E-state index contributed by atoms with van der Waals surface area (Å²) in [4.78, 5) is 2.68. The van der Waals surface area contributed by atoms with Crippen molar-refractivity contribution >= 4 is 15.7 Å². The molecule has 2 atom stereocenters. The van der Waals surface area contributed by atoms with Crippen LogP contribution in [-0.4, -0.2) is 38.5 Å². The van der Waals surface area contributed by atoms with E-state index in [0.717, 1.165) is 25.9 Å². The molecule has 0 aromatic heterocycles. The molecule has 5 nitrogen and oxygen atoms in total. The summed E-state index contributed by atoms with van der Waals surface area (Å²) in [5, 5.41) is 0. The van der Waals surface area contributed by atoms with Gasteiger partial charge >= 0.3 is 0 Å². The van der Waals surface area contributed by atoms with E-state index in [4.69, 9.17) is 5.73 Å². The van der Waals surface area contributed by atoms with Crippen molar-refractivity contribution in [3.63, 3.8) is 0 Å². The van der Waals surface area contributed by atoms with Crippen LogP contribution >= 0.6 is 0 Å². The van der Waals surface area contributed by atoms with Crippen LogP contribution in [0.15, 0.2) is 29.2 Å². The molecular weight excluding hydrogens is 262 g/mol. The normalized spacial score (nSPS) is 27.6. The second-order valence-corrected chi connectivity index (χ2v) is 7.05. The highest BCUT2D eigenvalue weighted by molar-refractivity contribution is 7.89. The number of nitrogens with one attached hydrogen (secondary N) is 1. The maximum absolute atomic E-state index is 12.3. The molecule has 0 radical (unpaired) electrons. The number of sulfonamides is 1. The molecule has 2 heterocycles. The van der Waals surface area contributed by atoms with Crippen molar-refractivity contribution in [1.82, 2.24) is 9.62 Å². The van der Waals surface area contributed by atoms with Crippen LogP contribution < -0.4 is 10.5 Å². The van der Waals surface area contributed by atoms with E-state index >= 15 is 0 Å². The average Bonchev–Trinajstić information content (AvgIpc) is 2.95. The molecule has 1 aromatic carbocycles. The number of nitrogens with two attached hydrogens (primary N) is 1. The highest BCUT2D eigenvalue weighted by atomic mass is 32.2. The SMILES string of the molecule is Nc1ccc(S(=O)(=O)NC2CCN3CCCC23)cc1. The van der Waals surface area contributed by atoms with Gasteiger partial charge in [0, 0.05) is 24.3 Å². The first-order valence-electron chi connectivity index (χ1n) is 6.68. The second kappa shape index (κ2) is 4.77. The number of hydrogen-bond acceptors (Lipinski definition) is 4. The van der Waals surface area contributed by atoms with Crippen LogP contribution in [0.4, 0.5) is 5.69 Å². The number of nitrogens with zero attached hydrogens (tertiary/aromatic N) is 1. The minimum Gasteiger partial charge on any atom is -0.399 e. The first kappa shape index (κ1) is 12.9. The molecular formula is C13H19N3O2S. The molecule has 2 unspecified atom stereocenters. The highest BCUT2D eigenvalue weighted by Crippen LogP contribution is 2.29. The van der Waals surface area contributed by atoms with Gasteiger partial charge in [-0.1, -0.05) is 0 Å². The zero-order valence-electron chi connectivity index (χ0n) is 10.7. The molecule has 104 valence electrons. The van der Waals surface area contributed by atoms with Crippen LogP contribution in [0.2, 0.25) is 0 Å². The number of benzene rings is 1. The number of fused-ring (bicyclic) bond motifs is 1. The van der Waals surface area contributed by atoms with Crippen LogP contribution in [-0.2, 0) is 10.0 Å². The van der Waals surface area contributed by atoms with Crippen LogP contribution in [0.1, 0.15) is 19.3 Å². The lowest BCUT2D eigenvalue weighted by atomic mass is 10.1. The monoisotopic (exact) mass is 281 g/mol. The highest BCUT2D eigenvalue weighted by Gasteiger charge is 2.39. The molecule has 2 aliphatic rings. The molecule has 3 N–H and O–H groups in total. The van der Waals surface area contributed by atoms with Crippen LogP contribution in [0.3, 0.4) is 0 Å². The summed E-state index contributed by atoms with van der Waals surface area (Å²) in [6.07, 6.45) is 3.17. The predicted octanol–water partition coefficient (Wildman–Crippen LogP) is 0.784. The minimum atomic E-state index is -3.43. The van der Waals surface area contributed by atoms with Gasteiger partial charge in [-0.05, 0) is 50.1 Å². The Balaban J connectivity index is 1.76. The largest absolute Gasteiger partial charge is 0.399 e. The Kier molecular flexibility index (Phi) is 3.24. The van der Waals surface area contributed by atoms with Gasteiger partial charge < -0.3 is 5.73 Å². The fourth-order valence-electron chi connectivity index (χ4n) is 3.13. The minimum absolute atomic E-state index is 0.0463. The summed E-state index contributed by atoms with van der Waals surface area (Å²) >= 11 is 0. The van der Waals surface area contributed by atoms with Crippen molar-refractivity contribution < 1.29 is 8.42 Å². The lowest BCUT2D eigenvalue weighted by molar-refractivity contribution is 0.309. The Labute approximate surface area is 113 Å². The summed E-state index contributed by atoms with van der Waals surface area (Å²) < 4.78 is 27.5. The van der Waals surface area contributed by atoms with Gasteiger partial charge in [0.05, 0.1) is 4.90 Å². The first-order chi connectivity index (χ1) is 9.06. The van der Waals surface area contributed by atoms with Gasteiger partial charge in [-0.3, -0.25) is 4.90 Å². The summed E-state index contributed by atoms with van der Waals surface area (Å²) in [5.74, 6) is 0. The third kappa shape index (κ3) is 2.48. The van der Waals surface area contributed by atoms with Gasteiger partial charge in [0.25, 0.3) is 0 Å². The van der Waals surface area contributed by atoms with Crippen LogP contribution in [0.25, 0.3) is 0 Å². The van der Waals surface area contributed by atoms with Crippen molar-refractivity contribution in [3.8, 4) is 0 Å². The second-order valence-electron chi connectivity index (χ2n) is 5.33. The molecule has 0 bridgehead atoms. The Bertz CT molecular complexity index is 556. The van der Waals surface area contributed by atoms with E-state index in [2.05, 4.69) is 9.62 Å². The van der Waals surface area contributed by atoms with Crippen LogP contribution in [0, 0.1) is 0 Å². The zero-order valence-corrected chi connectivity index (χ0v) is 11.6. The number of rotatable bonds is 3. The number of anilines is 1. The van der Waals surface area contributed by atoms with Crippen LogP contribution in [0.5, 0.6) is 0 Å². The number of hydrogen-bond donors (Lipinski definition) is 2. The first-order valence-corrected chi connectivity index (χ1v) is 8.16. The lowest BCUT2D eigenvalue weighted by Gasteiger charge is -2.21. The Hall–Kier alpha value is -1.11. The van der Waals surface area contributed by atoms with E-state index < -0.39 is 10.0 Å². The smallest absolute Gasteiger partial charge is 0.240 e. The topological polar surface area (TPSA) is 75.4 Å². The van der Waals surface area contributed by atoms with Gasteiger partial charge in [-0.25, -0.2) is 13.1 Å². The van der Waals surface area contributed by atoms with Gasteiger partial charge in [-0.15, -0.1) is 0 Å². The van der Waals surface area contributed by atoms with Crippen molar-refractivity contribution in [2.75, 3.05) is 18.8 Å². The summed E-state index contributed by atoms with van der Waals surface area (Å²) in [5.41, 5.74) is 6.15. The van der Waals surface area contributed by atoms with E-state index in [1.807, 2.05) is 0 Å². The molecule has 1 aromatic rings. The van der Waals surface area contributed by atoms with E-state index in [1.165, 1.54) is 6.42 Å². The van der Waals surface area contributed by atoms with Crippen molar-refractivity contribution in [2.24, 2.45) is 0 Å². The Morgan fingerprint density at radius 3 is 2.63 bits per heavy atom. The Morgan fingerprint density at radius 1 is 1.16 bits per heavy atom. The van der Waals surface area contributed by atoms with E-state index in [0.29, 0.717) is 11.7 Å². The third-order valence-electron chi connectivity index (χ3n) is 4.10. The molecule has 3 rings (SSSR count). The molecule has 6 heteroatoms. The molecule has 0 amide bonds. The van der Waals surface area contributed by atoms with Crippen molar-refractivity contribution in [2.45, 2.75) is 36.2 Å². The van der Waals surface area contributed by atoms with Crippen molar-refractivity contribution in [3.05, 3.63) is 24.3 Å². The maximum atomic E-state index is 12.3. The van der Waals surface area contributed by atoms with Gasteiger partial charge in [0.2, 0.25) is 10.0 Å². The third-order valence-corrected chi connectivity index (χ3v) is 5.61. The summed E-state index contributed by atoms with van der Waals surface area (Å²) in [6, 6.07) is 6.77. The molecule has 2 saturated heterocycles. The lowest BCUT2D eigenvalue weighted by Crippen LogP contribution is -2.42. The number of nitrogen functional groups attached to an aromatic ring is 1. The van der Waals surface area contributed by atoms with Gasteiger partial charge in [0.1, 0.15) is 0 Å². The zero-order chi connectivity index (χ0) is 13.5. The molecule has 2 fully saturated rings. The van der Waals surface area contributed by atoms with E-state index in [-0.39, 0.29) is 10.9 Å². The summed E-state index contributed by atoms with van der Waals surface area (Å²) in [7, 11) is -3.43. The molecule has 0 saturated carbocycles. The molecule has 19 heavy (non-hydrogen) atoms. The summed E-state index contributed by atoms with van der Waals surface area (Å²) in [6.45, 7) is 2.10. The maximum Gasteiger partial charge on any atom is 0.240 e. The van der Waals surface area contributed by atoms with Gasteiger partial charge in [0.15, 0.2) is 0 Å². The molecule has 2 aliphatic heterocycles. The molecule has 0 aliphatic carbocycles.